The second-order valence-electron chi connectivity index (χ2n) is 6.28. The lowest BCUT2D eigenvalue weighted by atomic mass is 10.2. The van der Waals surface area contributed by atoms with E-state index in [1.807, 2.05) is 48.5 Å². The van der Waals surface area contributed by atoms with Crippen LogP contribution in [0.5, 0.6) is 11.5 Å². The molecule has 0 aliphatic heterocycles. The number of rotatable bonds is 4. The van der Waals surface area contributed by atoms with Gasteiger partial charge in [0.15, 0.2) is 0 Å². The first-order chi connectivity index (χ1) is 13.7. The van der Waals surface area contributed by atoms with Crippen molar-refractivity contribution in [3.05, 3.63) is 60.7 Å². The number of ether oxygens (including phenoxy) is 2. The van der Waals surface area contributed by atoms with E-state index >= 15 is 0 Å². The van der Waals surface area contributed by atoms with Gasteiger partial charge in [0.2, 0.25) is 0 Å². The highest BCUT2D eigenvalue weighted by molar-refractivity contribution is 7.23. The lowest BCUT2D eigenvalue weighted by Crippen LogP contribution is -1.82. The smallest absolute Gasteiger partial charge is 0.124 e. The van der Waals surface area contributed by atoms with Crippen LogP contribution in [0.3, 0.4) is 0 Å². The van der Waals surface area contributed by atoms with E-state index in [0.717, 1.165) is 43.7 Å². The van der Waals surface area contributed by atoms with Crippen LogP contribution < -0.4 is 9.47 Å². The highest BCUT2D eigenvalue weighted by atomic mass is 32.1. The quantitative estimate of drug-likeness (QED) is 0.355. The van der Waals surface area contributed by atoms with E-state index in [-0.39, 0.29) is 0 Å². The predicted molar refractivity (Wildman–Crippen MR) is 117 cm³/mol. The van der Waals surface area contributed by atoms with Gasteiger partial charge in [-0.2, -0.15) is 0 Å². The summed E-state index contributed by atoms with van der Waals surface area (Å²) in [6, 6.07) is 20.3. The van der Waals surface area contributed by atoms with Crippen molar-refractivity contribution < 1.29 is 9.47 Å². The summed E-state index contributed by atoms with van der Waals surface area (Å²) in [4.78, 5) is 9.64. The maximum Gasteiger partial charge on any atom is 0.124 e. The summed E-state index contributed by atoms with van der Waals surface area (Å²) in [5.74, 6) is 1.70. The summed E-state index contributed by atoms with van der Waals surface area (Å²) in [6.07, 6.45) is 0. The summed E-state index contributed by atoms with van der Waals surface area (Å²) in [5, 5.41) is 2.01. The second kappa shape index (κ2) is 6.89. The van der Waals surface area contributed by atoms with Gasteiger partial charge < -0.3 is 9.47 Å². The van der Waals surface area contributed by atoms with Crippen molar-refractivity contribution in [2.75, 3.05) is 14.2 Å². The van der Waals surface area contributed by atoms with Crippen LogP contribution in [0.15, 0.2) is 60.7 Å². The van der Waals surface area contributed by atoms with Crippen LogP contribution >= 0.6 is 22.7 Å². The van der Waals surface area contributed by atoms with Crippen molar-refractivity contribution in [3.63, 3.8) is 0 Å². The minimum absolute atomic E-state index is 0.848. The molecule has 2 heterocycles. The molecule has 6 heteroatoms. The van der Waals surface area contributed by atoms with Gasteiger partial charge in [-0.3, -0.25) is 0 Å². The van der Waals surface area contributed by atoms with Crippen molar-refractivity contribution in [3.8, 4) is 32.6 Å². The van der Waals surface area contributed by atoms with Crippen LogP contribution in [0.4, 0.5) is 0 Å². The molecule has 5 aromatic rings. The topological polar surface area (TPSA) is 44.2 Å². The first-order valence-electron chi connectivity index (χ1n) is 8.73. The Morgan fingerprint density at radius 3 is 1.43 bits per heavy atom. The fourth-order valence-corrected chi connectivity index (χ4v) is 5.12. The van der Waals surface area contributed by atoms with E-state index in [0.29, 0.717) is 0 Å². The van der Waals surface area contributed by atoms with Crippen molar-refractivity contribution in [1.29, 1.82) is 0 Å². The molecule has 138 valence electrons. The van der Waals surface area contributed by atoms with Crippen LogP contribution in [0.1, 0.15) is 0 Å². The SMILES string of the molecule is COc1ccc(-c2nc3cc4nc(-c5ccc(OC)cc5)sc4cc3s2)cc1. The standard InChI is InChI=1S/C22H16N2O2S2/c1-25-15-7-3-13(4-8-15)21-23-17-11-18-20(12-19(17)27-21)28-22(24-18)14-5-9-16(26-2)10-6-14/h3-12H,1-2H3. The van der Waals surface area contributed by atoms with E-state index in [1.165, 1.54) is 9.40 Å². The van der Waals surface area contributed by atoms with Gasteiger partial charge in [-0.25, -0.2) is 9.97 Å². The molecule has 0 saturated carbocycles. The van der Waals surface area contributed by atoms with Crippen molar-refractivity contribution in [1.82, 2.24) is 9.97 Å². The van der Waals surface area contributed by atoms with Crippen LogP contribution in [0.2, 0.25) is 0 Å². The molecule has 0 unspecified atom stereocenters. The number of hydrogen-bond acceptors (Lipinski definition) is 6. The summed E-state index contributed by atoms with van der Waals surface area (Å²) >= 11 is 3.40. The Morgan fingerprint density at radius 1 is 0.607 bits per heavy atom. The molecular formula is C22H16N2O2S2. The Morgan fingerprint density at radius 2 is 1.04 bits per heavy atom. The number of thiazole rings is 2. The zero-order valence-corrected chi connectivity index (χ0v) is 16.9. The molecule has 0 aliphatic carbocycles. The lowest BCUT2D eigenvalue weighted by Gasteiger charge is -1.99. The van der Waals surface area contributed by atoms with Crippen molar-refractivity contribution >= 4 is 43.1 Å². The minimum Gasteiger partial charge on any atom is -0.497 e. The Labute approximate surface area is 170 Å². The number of nitrogens with zero attached hydrogens (tertiary/aromatic N) is 2. The zero-order valence-electron chi connectivity index (χ0n) is 15.3. The number of aromatic nitrogens is 2. The molecule has 0 aliphatic rings. The maximum atomic E-state index is 5.24. The van der Waals surface area contributed by atoms with Gasteiger partial charge in [-0.1, -0.05) is 0 Å². The van der Waals surface area contributed by atoms with Gasteiger partial charge in [0.25, 0.3) is 0 Å². The van der Waals surface area contributed by atoms with Gasteiger partial charge >= 0.3 is 0 Å². The summed E-state index contributed by atoms with van der Waals surface area (Å²) in [5.41, 5.74) is 4.15. The molecule has 28 heavy (non-hydrogen) atoms. The molecule has 4 nitrogen and oxygen atoms in total. The van der Waals surface area contributed by atoms with E-state index in [9.17, 15) is 0 Å². The molecule has 3 aromatic carbocycles. The maximum absolute atomic E-state index is 5.24. The second-order valence-corrected chi connectivity index (χ2v) is 8.34. The van der Waals surface area contributed by atoms with Gasteiger partial charge in [-0.05, 0) is 60.7 Å². The Hall–Kier alpha value is -2.96. The van der Waals surface area contributed by atoms with Crippen LogP contribution in [-0.4, -0.2) is 24.2 Å². The number of benzene rings is 3. The van der Waals surface area contributed by atoms with Gasteiger partial charge in [0.05, 0.1) is 34.7 Å². The molecule has 0 spiro atoms. The normalized spacial score (nSPS) is 11.2. The van der Waals surface area contributed by atoms with Crippen LogP contribution in [0.25, 0.3) is 41.6 Å². The van der Waals surface area contributed by atoms with E-state index in [2.05, 4.69) is 12.1 Å². The van der Waals surface area contributed by atoms with Gasteiger partial charge in [-0.15, -0.1) is 22.7 Å². The Bertz CT molecular complexity index is 1120. The van der Waals surface area contributed by atoms with Crippen molar-refractivity contribution in [2.24, 2.45) is 0 Å². The summed E-state index contributed by atoms with van der Waals surface area (Å²) in [6.45, 7) is 0. The summed E-state index contributed by atoms with van der Waals surface area (Å²) in [7, 11) is 3.35. The van der Waals surface area contributed by atoms with E-state index < -0.39 is 0 Å². The molecule has 0 radical (unpaired) electrons. The van der Waals surface area contributed by atoms with Crippen molar-refractivity contribution in [2.45, 2.75) is 0 Å². The molecule has 0 saturated heterocycles. The molecular weight excluding hydrogens is 388 g/mol. The summed E-state index contributed by atoms with van der Waals surface area (Å²) < 4.78 is 12.8. The monoisotopic (exact) mass is 404 g/mol. The third-order valence-corrected chi connectivity index (χ3v) is 6.71. The van der Waals surface area contributed by atoms with E-state index in [1.54, 1.807) is 36.9 Å². The number of methoxy groups -OCH3 is 2. The molecule has 5 rings (SSSR count). The third-order valence-electron chi connectivity index (χ3n) is 4.57. The zero-order chi connectivity index (χ0) is 19.1. The molecule has 0 atom stereocenters. The van der Waals surface area contributed by atoms with Crippen LogP contribution in [-0.2, 0) is 0 Å². The van der Waals surface area contributed by atoms with Gasteiger partial charge in [0.1, 0.15) is 21.5 Å². The largest absolute Gasteiger partial charge is 0.497 e. The highest BCUT2D eigenvalue weighted by Crippen LogP contribution is 2.37. The predicted octanol–water partition coefficient (Wildman–Crippen LogP) is 6.26. The lowest BCUT2D eigenvalue weighted by molar-refractivity contribution is 0.415. The molecule has 0 fully saturated rings. The first kappa shape index (κ1) is 17.2. The Balaban J connectivity index is 1.54. The molecule has 0 bridgehead atoms. The number of hydrogen-bond donors (Lipinski definition) is 0. The fraction of sp³-hybridized carbons (Fsp3) is 0.0909. The minimum atomic E-state index is 0.848. The average Bonchev–Trinajstić information content (AvgIpc) is 3.35. The third kappa shape index (κ3) is 3.00. The highest BCUT2D eigenvalue weighted by Gasteiger charge is 2.12. The van der Waals surface area contributed by atoms with Crippen LogP contribution in [0, 0.1) is 0 Å². The van der Waals surface area contributed by atoms with E-state index in [4.69, 9.17) is 19.4 Å². The Kier molecular flexibility index (Phi) is 4.22. The first-order valence-corrected chi connectivity index (χ1v) is 10.4. The van der Waals surface area contributed by atoms with Gasteiger partial charge in [0, 0.05) is 11.1 Å². The fourth-order valence-electron chi connectivity index (χ4n) is 3.06. The molecule has 0 N–H and O–H groups in total. The molecule has 0 amide bonds. The molecule has 2 aromatic heterocycles. The average molecular weight is 405 g/mol. The number of fused-ring (bicyclic) bond motifs is 2.